The first-order valence-corrected chi connectivity index (χ1v) is 8.75. The first-order valence-electron chi connectivity index (χ1n) is 7.94. The topological polar surface area (TPSA) is 40.5 Å². The van der Waals surface area contributed by atoms with E-state index in [1.54, 1.807) is 11.3 Å². The molecule has 0 unspecified atom stereocenters. The van der Waals surface area contributed by atoms with Gasteiger partial charge in [-0.25, -0.2) is 4.79 Å². The number of fused-ring (bicyclic) bond motifs is 1. The zero-order chi connectivity index (χ0) is 15.2. The fraction of sp³-hybridized carbons (Fsp3) is 0.706. The van der Waals surface area contributed by atoms with Crippen molar-refractivity contribution in [2.24, 2.45) is 5.41 Å². The summed E-state index contributed by atoms with van der Waals surface area (Å²) in [5, 5.41) is 9.76. The van der Waals surface area contributed by atoms with E-state index in [0.29, 0.717) is 11.5 Å². The maximum absolute atomic E-state index is 11.9. The summed E-state index contributed by atoms with van der Waals surface area (Å²) >= 11 is 1.80. The molecule has 1 aromatic heterocycles. The Morgan fingerprint density at radius 1 is 1.33 bits per heavy atom. The van der Waals surface area contributed by atoms with Gasteiger partial charge in [-0.3, -0.25) is 0 Å². The SMILES string of the molecule is CN1CCC(c2sc3c(c2C(=O)O)CC(C)(C)CC3)CC1. The van der Waals surface area contributed by atoms with E-state index in [2.05, 4.69) is 25.8 Å². The van der Waals surface area contributed by atoms with E-state index in [9.17, 15) is 9.90 Å². The van der Waals surface area contributed by atoms with Gasteiger partial charge < -0.3 is 10.0 Å². The fourth-order valence-corrected chi connectivity index (χ4v) is 5.22. The molecule has 21 heavy (non-hydrogen) atoms. The molecule has 4 heteroatoms. The molecule has 0 radical (unpaired) electrons. The standard InChI is InChI=1S/C17H25NO2S/c1-17(2)7-4-13-12(10-17)14(16(19)20)15(21-13)11-5-8-18(3)9-6-11/h11H,4-10H2,1-3H3,(H,19,20). The molecule has 0 bridgehead atoms. The van der Waals surface area contributed by atoms with E-state index < -0.39 is 5.97 Å². The third-order valence-electron chi connectivity index (χ3n) is 5.11. The lowest BCUT2D eigenvalue weighted by Crippen LogP contribution is -2.29. The van der Waals surface area contributed by atoms with E-state index in [0.717, 1.165) is 44.3 Å². The van der Waals surface area contributed by atoms with Gasteiger partial charge in [0.15, 0.2) is 0 Å². The van der Waals surface area contributed by atoms with E-state index in [4.69, 9.17) is 0 Å². The van der Waals surface area contributed by atoms with Crippen molar-refractivity contribution >= 4 is 17.3 Å². The molecule has 3 nitrogen and oxygen atoms in total. The van der Waals surface area contributed by atoms with Crippen LogP contribution in [0.15, 0.2) is 0 Å². The number of aromatic carboxylic acids is 1. The van der Waals surface area contributed by atoms with Gasteiger partial charge in [0.2, 0.25) is 0 Å². The Hall–Kier alpha value is -0.870. The Bertz CT molecular complexity index is 553. The number of likely N-dealkylation sites (tertiary alicyclic amines) is 1. The van der Waals surface area contributed by atoms with Gasteiger partial charge in [-0.1, -0.05) is 13.8 Å². The average molecular weight is 307 g/mol. The second-order valence-electron chi connectivity index (χ2n) is 7.47. The van der Waals surface area contributed by atoms with Crippen molar-refractivity contribution in [2.75, 3.05) is 20.1 Å². The van der Waals surface area contributed by atoms with Gasteiger partial charge in [0, 0.05) is 9.75 Å². The summed E-state index contributed by atoms with van der Waals surface area (Å²) in [6, 6.07) is 0. The first-order chi connectivity index (χ1) is 9.87. The number of carbonyl (C=O) groups is 1. The summed E-state index contributed by atoms with van der Waals surface area (Å²) in [6.45, 7) is 6.68. The van der Waals surface area contributed by atoms with Crippen molar-refractivity contribution in [3.05, 3.63) is 20.9 Å². The highest BCUT2D eigenvalue weighted by Crippen LogP contribution is 2.45. The van der Waals surface area contributed by atoms with Crippen LogP contribution in [0, 0.1) is 5.41 Å². The molecular formula is C17H25NO2S. The predicted octanol–water partition coefficient (Wildman–Crippen LogP) is 3.77. The summed E-state index contributed by atoms with van der Waals surface area (Å²) < 4.78 is 0. The van der Waals surface area contributed by atoms with Gasteiger partial charge in [0.1, 0.15) is 0 Å². The molecular weight excluding hydrogens is 282 g/mol. The number of aryl methyl sites for hydroxylation is 1. The summed E-state index contributed by atoms with van der Waals surface area (Å²) in [7, 11) is 2.15. The van der Waals surface area contributed by atoms with Crippen LogP contribution in [0.1, 0.15) is 64.7 Å². The maximum Gasteiger partial charge on any atom is 0.337 e. The Labute approximate surface area is 131 Å². The number of piperidine rings is 1. The third kappa shape index (κ3) is 2.88. The van der Waals surface area contributed by atoms with Crippen molar-refractivity contribution < 1.29 is 9.90 Å². The minimum absolute atomic E-state index is 0.238. The quantitative estimate of drug-likeness (QED) is 0.904. The molecule has 0 atom stereocenters. The zero-order valence-corrected chi connectivity index (χ0v) is 14.1. The van der Waals surface area contributed by atoms with Crippen molar-refractivity contribution in [3.8, 4) is 0 Å². The average Bonchev–Trinajstić information content (AvgIpc) is 2.76. The molecule has 1 N–H and O–H groups in total. The molecule has 0 spiro atoms. The van der Waals surface area contributed by atoms with Crippen molar-refractivity contribution in [3.63, 3.8) is 0 Å². The molecule has 0 amide bonds. The molecule has 1 fully saturated rings. The molecule has 0 saturated carbocycles. The molecule has 0 aromatic carbocycles. The van der Waals surface area contributed by atoms with Crippen molar-refractivity contribution in [2.45, 2.75) is 51.9 Å². The molecule has 2 aliphatic rings. The molecule has 116 valence electrons. The zero-order valence-electron chi connectivity index (χ0n) is 13.2. The summed E-state index contributed by atoms with van der Waals surface area (Å²) in [5.41, 5.74) is 2.05. The molecule has 1 aliphatic carbocycles. The number of hydrogen-bond acceptors (Lipinski definition) is 3. The smallest absolute Gasteiger partial charge is 0.337 e. The minimum Gasteiger partial charge on any atom is -0.478 e. The van der Waals surface area contributed by atoms with E-state index >= 15 is 0 Å². The summed E-state index contributed by atoms with van der Waals surface area (Å²) in [5.74, 6) is -0.259. The number of thiophene rings is 1. The van der Waals surface area contributed by atoms with Gasteiger partial charge in [-0.05, 0) is 69.1 Å². The van der Waals surface area contributed by atoms with E-state index in [1.807, 2.05) is 0 Å². The second kappa shape index (κ2) is 5.40. The Morgan fingerprint density at radius 3 is 2.62 bits per heavy atom. The first kappa shape index (κ1) is 15.0. The molecule has 1 saturated heterocycles. The highest BCUT2D eigenvalue weighted by Gasteiger charge is 2.35. The van der Waals surface area contributed by atoms with Crippen molar-refractivity contribution in [1.29, 1.82) is 0 Å². The lowest BCUT2D eigenvalue weighted by Gasteiger charge is -2.30. The second-order valence-corrected chi connectivity index (χ2v) is 8.60. The van der Waals surface area contributed by atoms with Crippen LogP contribution in [-0.4, -0.2) is 36.1 Å². The number of hydrogen-bond donors (Lipinski definition) is 1. The van der Waals surface area contributed by atoms with E-state index in [1.165, 1.54) is 16.2 Å². The van der Waals surface area contributed by atoms with Gasteiger partial charge in [0.25, 0.3) is 0 Å². The normalized spacial score (nSPS) is 23.0. The number of carboxylic acid groups (broad SMARTS) is 1. The van der Waals surface area contributed by atoms with Crippen LogP contribution in [0.4, 0.5) is 0 Å². The number of nitrogens with zero attached hydrogens (tertiary/aromatic N) is 1. The van der Waals surface area contributed by atoms with Crippen LogP contribution in [0.5, 0.6) is 0 Å². The van der Waals surface area contributed by atoms with Crippen LogP contribution < -0.4 is 0 Å². The van der Waals surface area contributed by atoms with Crippen molar-refractivity contribution in [1.82, 2.24) is 4.90 Å². The van der Waals surface area contributed by atoms with Gasteiger partial charge in [-0.15, -0.1) is 11.3 Å². The highest BCUT2D eigenvalue weighted by atomic mass is 32.1. The summed E-state index contributed by atoms with van der Waals surface area (Å²) in [6.07, 6.45) is 5.35. The van der Waals surface area contributed by atoms with Crippen LogP contribution >= 0.6 is 11.3 Å². The molecule has 1 aromatic rings. The molecule has 1 aliphatic heterocycles. The van der Waals surface area contributed by atoms with Gasteiger partial charge in [-0.2, -0.15) is 0 Å². The Morgan fingerprint density at radius 2 is 2.00 bits per heavy atom. The van der Waals surface area contributed by atoms with Gasteiger partial charge >= 0.3 is 5.97 Å². The van der Waals surface area contributed by atoms with Crippen LogP contribution in [0.25, 0.3) is 0 Å². The summed E-state index contributed by atoms with van der Waals surface area (Å²) in [4.78, 5) is 16.7. The van der Waals surface area contributed by atoms with E-state index in [-0.39, 0.29) is 5.41 Å². The van der Waals surface area contributed by atoms with Gasteiger partial charge in [0.05, 0.1) is 5.56 Å². The third-order valence-corrected chi connectivity index (χ3v) is 6.56. The van der Waals surface area contributed by atoms with Crippen LogP contribution in [0.2, 0.25) is 0 Å². The number of carboxylic acids is 1. The Kier molecular flexibility index (Phi) is 3.87. The molecule has 2 heterocycles. The predicted molar refractivity (Wildman–Crippen MR) is 86.6 cm³/mol. The van der Waals surface area contributed by atoms with Crippen LogP contribution in [-0.2, 0) is 12.8 Å². The molecule has 3 rings (SSSR count). The number of rotatable bonds is 2. The van der Waals surface area contributed by atoms with Crippen LogP contribution in [0.3, 0.4) is 0 Å². The largest absolute Gasteiger partial charge is 0.478 e. The maximum atomic E-state index is 11.9. The lowest BCUT2D eigenvalue weighted by atomic mass is 9.75. The highest BCUT2D eigenvalue weighted by molar-refractivity contribution is 7.12. The monoisotopic (exact) mass is 307 g/mol. The Balaban J connectivity index is 1.98. The minimum atomic E-state index is -0.709. The fourth-order valence-electron chi connectivity index (χ4n) is 3.73. The lowest BCUT2D eigenvalue weighted by molar-refractivity contribution is 0.0693.